The van der Waals surface area contributed by atoms with Crippen LogP contribution in [0.15, 0.2) is 30.3 Å². The van der Waals surface area contributed by atoms with Gasteiger partial charge in [0.05, 0.1) is 0 Å². The van der Waals surface area contributed by atoms with Gasteiger partial charge in [-0.25, -0.2) is 0 Å². The number of hydrogen-bond donors (Lipinski definition) is 0. The lowest BCUT2D eigenvalue weighted by Gasteiger charge is -2.27. The van der Waals surface area contributed by atoms with Gasteiger partial charge in [-0.05, 0) is 56.6 Å². The van der Waals surface area contributed by atoms with Gasteiger partial charge in [-0.1, -0.05) is 58.0 Å². The lowest BCUT2D eigenvalue weighted by atomic mass is 9.90. The maximum absolute atomic E-state index is 2.51. The fourth-order valence-electron chi connectivity index (χ4n) is 3.40. The molecule has 2 aliphatic heterocycles. The van der Waals surface area contributed by atoms with Gasteiger partial charge in [0, 0.05) is 19.1 Å². The van der Waals surface area contributed by atoms with Crippen LogP contribution in [0.25, 0.3) is 5.57 Å². The highest BCUT2D eigenvalue weighted by atomic mass is 15.1. The van der Waals surface area contributed by atoms with Crippen LogP contribution in [-0.4, -0.2) is 43.5 Å². The SMILES string of the molecule is CC.CC.CN1CC=C(c2ccccc2C2CCCN2C)CC1. The standard InChI is InChI=1S/C17H24N2.2C2H6/c1-18-12-9-14(10-13-18)15-6-3-4-7-16(15)17-8-5-11-19(17)2;2*1-2/h3-4,6-7,9,17H,5,8,10-13H2,1-2H3;2*1-2H3. The van der Waals surface area contributed by atoms with E-state index in [1.54, 1.807) is 11.1 Å². The average Bonchev–Trinajstić information content (AvgIpc) is 3.05. The summed E-state index contributed by atoms with van der Waals surface area (Å²) in [5.41, 5.74) is 4.58. The molecule has 0 aromatic heterocycles. The van der Waals surface area contributed by atoms with E-state index in [9.17, 15) is 0 Å². The van der Waals surface area contributed by atoms with Gasteiger partial charge in [-0.15, -0.1) is 0 Å². The third kappa shape index (κ3) is 5.19. The van der Waals surface area contributed by atoms with Crippen LogP contribution in [0.1, 0.15) is 64.1 Å². The minimum Gasteiger partial charge on any atom is -0.302 e. The molecule has 2 heterocycles. The number of rotatable bonds is 2. The fraction of sp³-hybridized carbons (Fsp3) is 0.619. The van der Waals surface area contributed by atoms with Crippen LogP contribution in [0, 0.1) is 0 Å². The number of benzene rings is 1. The van der Waals surface area contributed by atoms with Gasteiger partial charge >= 0.3 is 0 Å². The molecule has 0 spiro atoms. The summed E-state index contributed by atoms with van der Waals surface area (Å²) < 4.78 is 0. The summed E-state index contributed by atoms with van der Waals surface area (Å²) in [5.74, 6) is 0. The molecule has 0 radical (unpaired) electrons. The molecule has 0 bridgehead atoms. The van der Waals surface area contributed by atoms with Gasteiger partial charge in [0.15, 0.2) is 0 Å². The fourth-order valence-corrected chi connectivity index (χ4v) is 3.40. The van der Waals surface area contributed by atoms with Gasteiger partial charge < -0.3 is 4.90 Å². The smallest absolute Gasteiger partial charge is 0.0351 e. The molecule has 0 N–H and O–H groups in total. The first-order chi connectivity index (χ1) is 11.3. The molecule has 1 aromatic carbocycles. The molecule has 130 valence electrons. The monoisotopic (exact) mass is 316 g/mol. The molecule has 1 fully saturated rings. The second-order valence-electron chi connectivity index (χ2n) is 5.97. The van der Waals surface area contributed by atoms with E-state index in [-0.39, 0.29) is 0 Å². The minimum absolute atomic E-state index is 0.622. The Balaban J connectivity index is 0.000000615. The molecule has 1 saturated heterocycles. The van der Waals surface area contributed by atoms with Crippen LogP contribution in [0.4, 0.5) is 0 Å². The Morgan fingerprint density at radius 3 is 2.22 bits per heavy atom. The Morgan fingerprint density at radius 2 is 1.65 bits per heavy atom. The van der Waals surface area contributed by atoms with Gasteiger partial charge in [-0.3, -0.25) is 4.90 Å². The predicted molar refractivity (Wildman–Crippen MR) is 104 cm³/mol. The highest BCUT2D eigenvalue weighted by molar-refractivity contribution is 5.69. The van der Waals surface area contributed by atoms with E-state index < -0.39 is 0 Å². The van der Waals surface area contributed by atoms with Crippen molar-refractivity contribution in [1.29, 1.82) is 0 Å². The second kappa shape index (κ2) is 10.6. The van der Waals surface area contributed by atoms with Crippen molar-refractivity contribution in [2.75, 3.05) is 33.7 Å². The Labute approximate surface area is 144 Å². The first kappa shape index (κ1) is 19.9. The van der Waals surface area contributed by atoms with E-state index in [0.717, 1.165) is 6.54 Å². The Morgan fingerprint density at radius 1 is 0.957 bits per heavy atom. The average molecular weight is 317 g/mol. The number of hydrogen-bond acceptors (Lipinski definition) is 2. The summed E-state index contributed by atoms with van der Waals surface area (Å²) in [7, 11) is 4.46. The largest absolute Gasteiger partial charge is 0.302 e. The summed E-state index contributed by atoms with van der Waals surface area (Å²) in [6.45, 7) is 11.5. The molecule has 1 atom stereocenters. The highest BCUT2D eigenvalue weighted by Gasteiger charge is 2.25. The van der Waals surface area contributed by atoms with Crippen molar-refractivity contribution in [1.82, 2.24) is 9.80 Å². The zero-order chi connectivity index (χ0) is 17.2. The van der Waals surface area contributed by atoms with Gasteiger partial charge in [0.25, 0.3) is 0 Å². The minimum atomic E-state index is 0.622. The van der Waals surface area contributed by atoms with Crippen molar-refractivity contribution in [3.63, 3.8) is 0 Å². The van der Waals surface area contributed by atoms with Crippen molar-refractivity contribution in [3.8, 4) is 0 Å². The Hall–Kier alpha value is -1.12. The van der Waals surface area contributed by atoms with Crippen molar-refractivity contribution in [3.05, 3.63) is 41.5 Å². The summed E-state index contributed by atoms with van der Waals surface area (Å²) in [6.07, 6.45) is 6.24. The Kier molecular flexibility index (Phi) is 9.20. The molecule has 0 saturated carbocycles. The highest BCUT2D eigenvalue weighted by Crippen LogP contribution is 2.36. The lowest BCUT2D eigenvalue weighted by molar-refractivity contribution is 0.317. The van der Waals surface area contributed by atoms with Gasteiger partial charge in [0.2, 0.25) is 0 Å². The molecule has 2 aliphatic rings. The number of likely N-dealkylation sites (tertiary alicyclic amines) is 1. The maximum atomic E-state index is 2.51. The van der Waals surface area contributed by atoms with E-state index >= 15 is 0 Å². The summed E-state index contributed by atoms with van der Waals surface area (Å²) in [6, 6.07) is 9.66. The Bertz CT molecular complexity index is 478. The topological polar surface area (TPSA) is 6.48 Å². The lowest BCUT2D eigenvalue weighted by Crippen LogP contribution is -2.24. The third-order valence-electron chi connectivity index (χ3n) is 4.60. The quantitative estimate of drug-likeness (QED) is 0.737. The molecule has 23 heavy (non-hydrogen) atoms. The van der Waals surface area contributed by atoms with E-state index in [1.807, 2.05) is 27.7 Å². The van der Waals surface area contributed by atoms with E-state index in [2.05, 4.69) is 54.2 Å². The third-order valence-corrected chi connectivity index (χ3v) is 4.60. The molecule has 3 rings (SSSR count). The first-order valence-corrected chi connectivity index (χ1v) is 9.43. The molecular weight excluding hydrogens is 280 g/mol. The second-order valence-corrected chi connectivity index (χ2v) is 5.97. The summed E-state index contributed by atoms with van der Waals surface area (Å²) in [5, 5.41) is 0. The predicted octanol–water partition coefficient (Wildman–Crippen LogP) is 5.22. The normalized spacial score (nSPS) is 21.7. The molecule has 0 aliphatic carbocycles. The van der Waals surface area contributed by atoms with Crippen LogP contribution in [-0.2, 0) is 0 Å². The molecule has 1 aromatic rings. The zero-order valence-corrected chi connectivity index (χ0v) is 16.1. The number of likely N-dealkylation sites (N-methyl/N-ethyl adjacent to an activating group) is 1. The van der Waals surface area contributed by atoms with Crippen molar-refractivity contribution >= 4 is 5.57 Å². The molecular formula is C21H36N2. The van der Waals surface area contributed by atoms with Crippen molar-refractivity contribution in [2.45, 2.75) is 53.0 Å². The van der Waals surface area contributed by atoms with E-state index in [1.165, 1.54) is 37.9 Å². The van der Waals surface area contributed by atoms with Gasteiger partial charge in [-0.2, -0.15) is 0 Å². The van der Waals surface area contributed by atoms with Crippen LogP contribution in [0.2, 0.25) is 0 Å². The molecule has 2 heteroatoms. The zero-order valence-electron chi connectivity index (χ0n) is 16.1. The van der Waals surface area contributed by atoms with Gasteiger partial charge in [0.1, 0.15) is 0 Å². The van der Waals surface area contributed by atoms with Crippen LogP contribution in [0.5, 0.6) is 0 Å². The van der Waals surface area contributed by atoms with E-state index in [0.29, 0.717) is 6.04 Å². The number of nitrogens with zero attached hydrogens (tertiary/aromatic N) is 2. The summed E-state index contributed by atoms with van der Waals surface area (Å²) >= 11 is 0. The first-order valence-electron chi connectivity index (χ1n) is 9.43. The maximum Gasteiger partial charge on any atom is 0.0351 e. The summed E-state index contributed by atoms with van der Waals surface area (Å²) in [4.78, 5) is 4.89. The van der Waals surface area contributed by atoms with Crippen LogP contribution >= 0.6 is 0 Å². The molecule has 0 amide bonds. The van der Waals surface area contributed by atoms with E-state index in [4.69, 9.17) is 0 Å². The van der Waals surface area contributed by atoms with Crippen LogP contribution < -0.4 is 0 Å². The molecule has 1 unspecified atom stereocenters. The molecule has 2 nitrogen and oxygen atoms in total. The van der Waals surface area contributed by atoms with Crippen molar-refractivity contribution < 1.29 is 0 Å². The van der Waals surface area contributed by atoms with Crippen molar-refractivity contribution in [2.24, 2.45) is 0 Å². The van der Waals surface area contributed by atoms with Crippen LogP contribution in [0.3, 0.4) is 0 Å².